The van der Waals surface area contributed by atoms with Crippen molar-refractivity contribution in [3.05, 3.63) is 96.1 Å². The molecule has 0 spiro atoms. The monoisotopic (exact) mass is 484 g/mol. The maximum Gasteiger partial charge on any atom is 0.204 e. The van der Waals surface area contributed by atoms with Gasteiger partial charge in [0.05, 0.1) is 37.3 Å². The lowest BCUT2D eigenvalue weighted by Gasteiger charge is -2.22. The first-order chi connectivity index (χ1) is 17.6. The Kier molecular flexibility index (Phi) is 6.66. The molecule has 0 unspecified atom stereocenters. The highest BCUT2D eigenvalue weighted by molar-refractivity contribution is 6.30. The van der Waals surface area contributed by atoms with Crippen LogP contribution in [0.5, 0.6) is 11.5 Å². The Morgan fingerprint density at radius 3 is 2.00 bits per heavy atom. The summed E-state index contributed by atoms with van der Waals surface area (Å²) in [6.07, 6.45) is 14.1. The number of hydrogen-bond acceptors (Lipinski definition) is 4. The fourth-order valence-corrected chi connectivity index (χ4v) is 4.31. The number of nitrogens with zero attached hydrogens (tertiary/aromatic N) is 4. The summed E-state index contributed by atoms with van der Waals surface area (Å²) in [6, 6.07) is 10.3. The van der Waals surface area contributed by atoms with Crippen molar-refractivity contribution in [2.24, 2.45) is 0 Å². The van der Waals surface area contributed by atoms with Crippen LogP contribution in [0.1, 0.15) is 45.7 Å². The number of carbonyl (C=O) groups is 2. The molecule has 0 saturated carbocycles. The number of aryl methyl sites for hydroxylation is 2. The van der Waals surface area contributed by atoms with Crippen LogP contribution in [0.2, 0.25) is 0 Å². The molecule has 0 saturated heterocycles. The lowest BCUT2D eigenvalue weighted by Crippen LogP contribution is -2.35. The number of rotatable bonds is 10. The zero-order valence-corrected chi connectivity index (χ0v) is 20.4. The van der Waals surface area contributed by atoms with Gasteiger partial charge in [-0.3, -0.25) is 9.59 Å². The van der Waals surface area contributed by atoms with E-state index in [0.29, 0.717) is 48.9 Å². The number of ether oxygens (including phenoxy) is 2. The number of benzene rings is 2. The van der Waals surface area contributed by atoms with Crippen LogP contribution >= 0.6 is 0 Å². The number of ketones is 2. The van der Waals surface area contributed by atoms with Crippen molar-refractivity contribution in [1.82, 2.24) is 9.13 Å². The zero-order chi connectivity index (χ0) is 25.1. The van der Waals surface area contributed by atoms with Crippen LogP contribution in [0, 0.1) is 12.7 Å². The summed E-state index contributed by atoms with van der Waals surface area (Å²) in [7, 11) is 0. The van der Waals surface area contributed by atoms with Gasteiger partial charge in [-0.2, -0.15) is 0 Å². The van der Waals surface area contributed by atoms with Crippen LogP contribution in [0.25, 0.3) is 0 Å². The Morgan fingerprint density at radius 2 is 1.39 bits per heavy atom. The summed E-state index contributed by atoms with van der Waals surface area (Å²) in [4.78, 5) is 27.0. The van der Waals surface area contributed by atoms with Gasteiger partial charge in [0.25, 0.3) is 0 Å². The van der Waals surface area contributed by atoms with Gasteiger partial charge in [0.2, 0.25) is 18.4 Å². The molecular formula is C28H28N4O4. The standard InChI is InChI=1S/C28H28N4O4/c1-3-29-11-13-31(19-29)15-17-35-23-9-5-7-21-25(23)28(34)26-22(27(21)33)8-6-10-24(26)36-18-16-32-14-12-30(4-2)20-32/h5-14H,3-4,15-18H2,1-2H3. The van der Waals surface area contributed by atoms with Gasteiger partial charge in [-0.05, 0) is 50.8 Å². The van der Waals surface area contributed by atoms with E-state index in [2.05, 4.69) is 12.7 Å². The highest BCUT2D eigenvalue weighted by atomic mass is 16.5. The molecule has 0 bridgehead atoms. The lowest BCUT2D eigenvalue weighted by atomic mass is 9.83. The number of hydrogen-bond donors (Lipinski definition) is 0. The Balaban J connectivity index is 1.35. The van der Waals surface area contributed by atoms with Crippen molar-refractivity contribution in [2.45, 2.75) is 40.0 Å². The topological polar surface area (TPSA) is 70.2 Å². The lowest BCUT2D eigenvalue weighted by molar-refractivity contribution is -0.701. The van der Waals surface area contributed by atoms with Crippen molar-refractivity contribution in [3.63, 3.8) is 0 Å². The Labute approximate surface area is 209 Å². The normalized spacial score (nSPS) is 12.4. The average molecular weight is 485 g/mol. The second kappa shape index (κ2) is 10.2. The first-order valence-electron chi connectivity index (χ1n) is 12.2. The van der Waals surface area contributed by atoms with Gasteiger partial charge >= 0.3 is 0 Å². The molecular weight excluding hydrogens is 456 g/mol. The minimum atomic E-state index is -0.265. The molecule has 0 fully saturated rings. The van der Waals surface area contributed by atoms with Gasteiger partial charge in [0.15, 0.2) is 5.78 Å². The minimum Gasteiger partial charge on any atom is -0.489 e. The second-order valence-electron chi connectivity index (χ2n) is 8.47. The Morgan fingerprint density at radius 1 is 0.778 bits per heavy atom. The molecule has 0 amide bonds. The summed E-state index contributed by atoms with van der Waals surface area (Å²) in [5.74, 6) is 0.320. The van der Waals surface area contributed by atoms with Crippen LogP contribution in [-0.2, 0) is 26.2 Å². The van der Waals surface area contributed by atoms with E-state index in [1.54, 1.807) is 36.4 Å². The van der Waals surface area contributed by atoms with E-state index < -0.39 is 0 Å². The smallest absolute Gasteiger partial charge is 0.204 e. The fraction of sp³-hybridized carbons (Fsp3) is 0.286. The molecule has 8 nitrogen and oxygen atoms in total. The minimum absolute atomic E-state index is 0.207. The number of imidazole rings is 2. The van der Waals surface area contributed by atoms with Gasteiger partial charge in [0, 0.05) is 11.1 Å². The van der Waals surface area contributed by atoms with E-state index in [-0.39, 0.29) is 22.7 Å². The molecule has 2 aromatic carbocycles. The van der Waals surface area contributed by atoms with E-state index in [1.807, 2.05) is 56.9 Å². The Bertz CT molecular complexity index is 1310. The van der Waals surface area contributed by atoms with Gasteiger partial charge < -0.3 is 27.7 Å². The molecule has 0 aliphatic heterocycles. The molecule has 2 aromatic heterocycles. The molecule has 0 N–H and O–H groups in total. The quantitative estimate of drug-likeness (QED) is 0.226. The van der Waals surface area contributed by atoms with Crippen molar-refractivity contribution in [3.8, 4) is 11.5 Å². The molecule has 4 aromatic rings. The van der Waals surface area contributed by atoms with Gasteiger partial charge in [0.1, 0.15) is 24.7 Å². The van der Waals surface area contributed by atoms with E-state index in [4.69, 9.17) is 9.47 Å². The van der Waals surface area contributed by atoms with Crippen molar-refractivity contribution in [1.29, 1.82) is 0 Å². The summed E-state index contributed by atoms with van der Waals surface area (Å²) in [5.41, 5.74) is 1.27. The van der Waals surface area contributed by atoms with Crippen molar-refractivity contribution in [2.75, 3.05) is 13.2 Å². The molecule has 8 heteroatoms. The SMILES string of the molecule is CCn1[c-][n+](CCOc2cccc3c2C(=O)c2c(OCCn4[c-][n+](CC)cc4)cccc2C3=O)cc1. The third-order valence-electron chi connectivity index (χ3n) is 6.22. The van der Waals surface area contributed by atoms with Crippen LogP contribution < -0.4 is 18.6 Å². The summed E-state index contributed by atoms with van der Waals surface area (Å²) < 4.78 is 19.7. The zero-order valence-electron chi connectivity index (χ0n) is 20.4. The van der Waals surface area contributed by atoms with Gasteiger partial charge in [-0.25, -0.2) is 0 Å². The Hall–Kier alpha value is -4.20. The molecule has 0 radical (unpaired) electrons. The van der Waals surface area contributed by atoms with Crippen LogP contribution in [0.3, 0.4) is 0 Å². The third kappa shape index (κ3) is 4.54. The van der Waals surface area contributed by atoms with E-state index in [9.17, 15) is 9.59 Å². The number of carbonyl (C=O) groups excluding carboxylic acids is 2. The number of fused-ring (bicyclic) bond motifs is 2. The van der Waals surface area contributed by atoms with E-state index in [1.165, 1.54) is 0 Å². The average Bonchev–Trinajstić information content (AvgIpc) is 3.56. The van der Waals surface area contributed by atoms with Gasteiger partial charge in [-0.1, -0.05) is 24.3 Å². The predicted octanol–water partition coefficient (Wildman–Crippen LogP) is 2.44. The summed E-state index contributed by atoms with van der Waals surface area (Å²) in [6.45, 7) is 7.58. The molecule has 2 heterocycles. The van der Waals surface area contributed by atoms with E-state index in [0.717, 1.165) is 13.1 Å². The predicted molar refractivity (Wildman–Crippen MR) is 129 cm³/mol. The van der Waals surface area contributed by atoms with Crippen molar-refractivity contribution < 1.29 is 28.2 Å². The van der Waals surface area contributed by atoms with E-state index >= 15 is 0 Å². The molecule has 0 atom stereocenters. The second-order valence-corrected chi connectivity index (χ2v) is 8.47. The van der Waals surface area contributed by atoms with Crippen LogP contribution in [0.4, 0.5) is 0 Å². The van der Waals surface area contributed by atoms with Crippen molar-refractivity contribution >= 4 is 11.6 Å². The highest BCUT2D eigenvalue weighted by Gasteiger charge is 2.34. The maximum atomic E-state index is 13.7. The molecule has 36 heavy (non-hydrogen) atoms. The van der Waals surface area contributed by atoms with Crippen LogP contribution in [-0.4, -0.2) is 33.9 Å². The van der Waals surface area contributed by atoms with Gasteiger partial charge in [-0.15, -0.1) is 0 Å². The van der Waals surface area contributed by atoms with Crippen LogP contribution in [0.15, 0.2) is 61.2 Å². The number of aromatic nitrogens is 4. The first kappa shape index (κ1) is 23.5. The highest BCUT2D eigenvalue weighted by Crippen LogP contribution is 2.37. The third-order valence-corrected chi connectivity index (χ3v) is 6.22. The first-order valence-corrected chi connectivity index (χ1v) is 12.2. The largest absolute Gasteiger partial charge is 0.489 e. The maximum absolute atomic E-state index is 13.7. The molecule has 5 rings (SSSR count). The fourth-order valence-electron chi connectivity index (χ4n) is 4.31. The molecule has 1 aliphatic carbocycles. The molecule has 184 valence electrons. The molecule has 1 aliphatic rings. The summed E-state index contributed by atoms with van der Waals surface area (Å²) in [5, 5.41) is 0. The summed E-state index contributed by atoms with van der Waals surface area (Å²) >= 11 is 0.